The first-order valence-corrected chi connectivity index (χ1v) is 6.15. The van der Waals surface area contributed by atoms with Gasteiger partial charge in [-0.05, 0) is 30.7 Å². The van der Waals surface area contributed by atoms with Crippen LogP contribution in [0.15, 0.2) is 30.4 Å². The Labute approximate surface area is 125 Å². The first-order chi connectivity index (χ1) is 9.88. The van der Waals surface area contributed by atoms with E-state index in [1.165, 1.54) is 0 Å². The zero-order valence-corrected chi connectivity index (χ0v) is 11.8. The van der Waals surface area contributed by atoms with Gasteiger partial charge in [0.2, 0.25) is 0 Å². The molecular formula is C13H13ClN2O5. The molecule has 0 saturated heterocycles. The van der Waals surface area contributed by atoms with Gasteiger partial charge in [0.05, 0.1) is 0 Å². The van der Waals surface area contributed by atoms with Gasteiger partial charge >= 0.3 is 5.97 Å². The standard InChI is InChI=1S/C13H13ClN2O5/c1-8-6-9(2-3-10(8)14)21-7-12(18)16-15-11(17)4-5-13(19)20/h2-6H,7H2,1H3,(H,15,17)(H,16,18)(H,19,20)/b5-4+. The number of carboxylic acids is 1. The average molecular weight is 313 g/mol. The van der Waals surface area contributed by atoms with E-state index in [1.54, 1.807) is 25.1 Å². The Morgan fingerprint density at radius 1 is 1.29 bits per heavy atom. The maximum atomic E-state index is 11.4. The van der Waals surface area contributed by atoms with Gasteiger partial charge in [-0.2, -0.15) is 0 Å². The van der Waals surface area contributed by atoms with E-state index in [-0.39, 0.29) is 6.61 Å². The quantitative estimate of drug-likeness (QED) is 0.551. The molecule has 0 bridgehead atoms. The molecule has 1 rings (SSSR count). The molecule has 0 aliphatic rings. The van der Waals surface area contributed by atoms with Crippen LogP contribution in [0.3, 0.4) is 0 Å². The maximum absolute atomic E-state index is 11.4. The molecule has 0 unspecified atom stereocenters. The summed E-state index contributed by atoms with van der Waals surface area (Å²) in [6, 6.07) is 4.92. The number of carboxylic acid groups (broad SMARTS) is 1. The number of halogens is 1. The lowest BCUT2D eigenvalue weighted by Gasteiger charge is -2.08. The molecule has 21 heavy (non-hydrogen) atoms. The molecule has 112 valence electrons. The predicted octanol–water partition coefficient (Wildman–Crippen LogP) is 0.815. The topological polar surface area (TPSA) is 105 Å². The Kier molecular flexibility index (Phi) is 6.22. The molecule has 0 heterocycles. The van der Waals surface area contributed by atoms with Crippen molar-refractivity contribution in [2.75, 3.05) is 6.61 Å². The third kappa shape index (κ3) is 6.44. The number of ether oxygens (including phenoxy) is 1. The molecule has 0 spiro atoms. The second-order valence-corrected chi connectivity index (χ2v) is 4.32. The highest BCUT2D eigenvalue weighted by Gasteiger charge is 2.05. The summed E-state index contributed by atoms with van der Waals surface area (Å²) in [4.78, 5) is 32.6. The lowest BCUT2D eigenvalue weighted by atomic mass is 10.2. The molecule has 0 saturated carbocycles. The van der Waals surface area contributed by atoms with Gasteiger partial charge in [0.1, 0.15) is 5.75 Å². The molecule has 0 aliphatic carbocycles. The van der Waals surface area contributed by atoms with Gasteiger partial charge in [0.15, 0.2) is 6.61 Å². The molecule has 0 fully saturated rings. The zero-order chi connectivity index (χ0) is 15.8. The first-order valence-electron chi connectivity index (χ1n) is 5.77. The summed E-state index contributed by atoms with van der Waals surface area (Å²) in [6.45, 7) is 1.48. The van der Waals surface area contributed by atoms with E-state index in [9.17, 15) is 14.4 Å². The molecule has 7 nitrogen and oxygen atoms in total. The third-order valence-corrected chi connectivity index (χ3v) is 2.63. The van der Waals surface area contributed by atoms with E-state index in [0.717, 1.165) is 11.6 Å². The van der Waals surface area contributed by atoms with Crippen LogP contribution >= 0.6 is 11.6 Å². The van der Waals surface area contributed by atoms with E-state index >= 15 is 0 Å². The number of nitrogens with one attached hydrogen (secondary N) is 2. The normalized spacial score (nSPS) is 10.2. The van der Waals surface area contributed by atoms with Crippen molar-refractivity contribution in [2.24, 2.45) is 0 Å². The molecule has 2 amide bonds. The number of aryl methyl sites for hydroxylation is 1. The third-order valence-electron chi connectivity index (χ3n) is 2.20. The lowest BCUT2D eigenvalue weighted by molar-refractivity contribution is -0.131. The highest BCUT2D eigenvalue weighted by Crippen LogP contribution is 2.20. The molecule has 3 N–H and O–H groups in total. The number of rotatable bonds is 5. The molecule has 1 aromatic rings. The Morgan fingerprint density at radius 2 is 2.00 bits per heavy atom. The van der Waals surface area contributed by atoms with Crippen LogP contribution in [0.5, 0.6) is 5.75 Å². The van der Waals surface area contributed by atoms with Crippen molar-refractivity contribution in [3.63, 3.8) is 0 Å². The van der Waals surface area contributed by atoms with Crippen molar-refractivity contribution in [3.8, 4) is 5.75 Å². The molecule has 0 aliphatic heterocycles. The minimum absolute atomic E-state index is 0.315. The van der Waals surface area contributed by atoms with E-state index in [1.807, 2.05) is 5.43 Å². The number of hydrogen-bond acceptors (Lipinski definition) is 4. The minimum Gasteiger partial charge on any atom is -0.484 e. The number of benzene rings is 1. The fourth-order valence-electron chi connectivity index (χ4n) is 1.21. The summed E-state index contributed by atoms with van der Waals surface area (Å²) in [7, 11) is 0. The molecule has 8 heteroatoms. The number of carbonyl (C=O) groups excluding carboxylic acids is 2. The lowest BCUT2D eigenvalue weighted by Crippen LogP contribution is -2.43. The van der Waals surface area contributed by atoms with Crippen molar-refractivity contribution >= 4 is 29.4 Å². The molecular weight excluding hydrogens is 300 g/mol. The number of amides is 2. The van der Waals surface area contributed by atoms with Gasteiger partial charge in [0, 0.05) is 17.2 Å². The van der Waals surface area contributed by atoms with Crippen molar-refractivity contribution in [1.29, 1.82) is 0 Å². The number of carbonyl (C=O) groups is 3. The SMILES string of the molecule is Cc1cc(OCC(=O)NNC(=O)/C=C/C(=O)O)ccc1Cl. The van der Waals surface area contributed by atoms with E-state index in [2.05, 4.69) is 5.43 Å². The smallest absolute Gasteiger partial charge is 0.328 e. The summed E-state index contributed by atoms with van der Waals surface area (Å²) in [5.41, 5.74) is 4.88. The van der Waals surface area contributed by atoms with E-state index in [4.69, 9.17) is 21.4 Å². The first kappa shape index (κ1) is 16.5. The minimum atomic E-state index is -1.27. The van der Waals surface area contributed by atoms with Crippen LogP contribution < -0.4 is 15.6 Å². The summed E-state index contributed by atoms with van der Waals surface area (Å²) in [5.74, 6) is -2.17. The van der Waals surface area contributed by atoms with Crippen LogP contribution in [0.1, 0.15) is 5.56 Å². The van der Waals surface area contributed by atoms with Crippen molar-refractivity contribution in [2.45, 2.75) is 6.92 Å². The van der Waals surface area contributed by atoms with Crippen LogP contribution in [0.4, 0.5) is 0 Å². The molecule has 0 radical (unpaired) electrons. The number of aliphatic carboxylic acids is 1. The molecule has 0 atom stereocenters. The maximum Gasteiger partial charge on any atom is 0.328 e. The second-order valence-electron chi connectivity index (χ2n) is 3.91. The summed E-state index contributed by atoms with van der Waals surface area (Å²) in [6.07, 6.45) is 1.42. The van der Waals surface area contributed by atoms with Gasteiger partial charge in [-0.25, -0.2) is 4.79 Å². The van der Waals surface area contributed by atoms with Gasteiger partial charge in [-0.15, -0.1) is 0 Å². The Morgan fingerprint density at radius 3 is 2.62 bits per heavy atom. The second kappa shape index (κ2) is 7.91. The van der Waals surface area contributed by atoms with Crippen molar-refractivity contribution in [3.05, 3.63) is 40.9 Å². The van der Waals surface area contributed by atoms with Crippen LogP contribution in [0.25, 0.3) is 0 Å². The van der Waals surface area contributed by atoms with E-state index < -0.39 is 17.8 Å². The van der Waals surface area contributed by atoms with Crippen LogP contribution in [0, 0.1) is 6.92 Å². The fourth-order valence-corrected chi connectivity index (χ4v) is 1.33. The van der Waals surface area contributed by atoms with Crippen LogP contribution in [0.2, 0.25) is 5.02 Å². The van der Waals surface area contributed by atoms with Crippen LogP contribution in [-0.2, 0) is 14.4 Å². The summed E-state index contributed by atoms with van der Waals surface area (Å²) >= 11 is 5.85. The highest BCUT2D eigenvalue weighted by molar-refractivity contribution is 6.31. The van der Waals surface area contributed by atoms with Gasteiger partial charge in [-0.1, -0.05) is 11.6 Å². The van der Waals surface area contributed by atoms with Crippen molar-refractivity contribution in [1.82, 2.24) is 10.9 Å². The number of hydrogen-bond donors (Lipinski definition) is 3. The average Bonchev–Trinajstić information content (AvgIpc) is 2.44. The Balaban J connectivity index is 2.35. The molecule has 0 aromatic heterocycles. The zero-order valence-electron chi connectivity index (χ0n) is 11.1. The fraction of sp³-hybridized carbons (Fsp3) is 0.154. The van der Waals surface area contributed by atoms with Gasteiger partial charge in [0.25, 0.3) is 11.8 Å². The summed E-state index contributed by atoms with van der Waals surface area (Å²) in [5, 5.41) is 8.90. The number of hydrazine groups is 1. The van der Waals surface area contributed by atoms with Gasteiger partial charge in [-0.3, -0.25) is 20.4 Å². The van der Waals surface area contributed by atoms with Crippen molar-refractivity contribution < 1.29 is 24.2 Å². The van der Waals surface area contributed by atoms with E-state index in [0.29, 0.717) is 16.8 Å². The van der Waals surface area contributed by atoms with Gasteiger partial charge < -0.3 is 9.84 Å². The monoisotopic (exact) mass is 312 g/mol. The van der Waals surface area contributed by atoms with Crippen LogP contribution in [-0.4, -0.2) is 29.5 Å². The molecule has 1 aromatic carbocycles. The largest absolute Gasteiger partial charge is 0.484 e. The summed E-state index contributed by atoms with van der Waals surface area (Å²) < 4.78 is 5.20. The predicted molar refractivity (Wildman–Crippen MR) is 74.7 cm³/mol. The highest BCUT2D eigenvalue weighted by atomic mass is 35.5. The Bertz CT molecular complexity index is 586. The Hall–Kier alpha value is -2.54.